The first-order valence-corrected chi connectivity index (χ1v) is 8.28. The van der Waals surface area contributed by atoms with E-state index in [1.54, 1.807) is 24.3 Å². The molecule has 0 aromatic heterocycles. The summed E-state index contributed by atoms with van der Waals surface area (Å²) in [6, 6.07) is 25.4. The highest BCUT2D eigenvalue weighted by atomic mass is 16.5. The molecule has 26 heavy (non-hydrogen) atoms. The average molecular weight is 345 g/mol. The molecule has 0 aliphatic carbocycles. The van der Waals surface area contributed by atoms with E-state index in [0.717, 1.165) is 11.1 Å². The van der Waals surface area contributed by atoms with Crippen LogP contribution < -0.4 is 5.32 Å². The number of rotatable bonds is 5. The van der Waals surface area contributed by atoms with Crippen molar-refractivity contribution in [3.8, 4) is 11.1 Å². The van der Waals surface area contributed by atoms with Crippen LogP contribution in [0.1, 0.15) is 22.0 Å². The van der Waals surface area contributed by atoms with Gasteiger partial charge in [0.2, 0.25) is 0 Å². The highest BCUT2D eigenvalue weighted by molar-refractivity contribution is 5.97. The van der Waals surface area contributed by atoms with Gasteiger partial charge >= 0.3 is 5.97 Å². The van der Waals surface area contributed by atoms with Crippen LogP contribution in [0.25, 0.3) is 11.1 Å². The van der Waals surface area contributed by atoms with E-state index in [9.17, 15) is 9.59 Å². The molecule has 3 aromatic rings. The molecule has 1 amide bonds. The van der Waals surface area contributed by atoms with E-state index >= 15 is 0 Å². The minimum absolute atomic E-state index is 0.330. The van der Waals surface area contributed by atoms with Crippen LogP contribution in [0.5, 0.6) is 0 Å². The predicted octanol–water partition coefficient (Wildman–Crippen LogP) is 4.00. The first-order chi connectivity index (χ1) is 12.7. The first kappa shape index (κ1) is 17.4. The average Bonchev–Trinajstić information content (AvgIpc) is 2.72. The first-order valence-electron chi connectivity index (χ1n) is 8.28. The van der Waals surface area contributed by atoms with Crippen molar-refractivity contribution in [2.45, 2.75) is 6.04 Å². The Morgan fingerprint density at radius 2 is 1.31 bits per heavy atom. The van der Waals surface area contributed by atoms with Crippen LogP contribution in [0, 0.1) is 0 Å². The largest absolute Gasteiger partial charge is 0.467 e. The van der Waals surface area contributed by atoms with Crippen LogP contribution in [-0.4, -0.2) is 19.0 Å². The Morgan fingerprint density at radius 1 is 0.769 bits per heavy atom. The van der Waals surface area contributed by atoms with Gasteiger partial charge in [-0.05, 0) is 28.8 Å². The number of carbonyl (C=O) groups excluding carboxylic acids is 2. The zero-order chi connectivity index (χ0) is 18.4. The van der Waals surface area contributed by atoms with Crippen molar-refractivity contribution < 1.29 is 14.3 Å². The zero-order valence-corrected chi connectivity index (χ0v) is 14.4. The third-order valence-corrected chi connectivity index (χ3v) is 4.10. The van der Waals surface area contributed by atoms with Gasteiger partial charge in [-0.1, -0.05) is 72.8 Å². The summed E-state index contributed by atoms with van der Waals surface area (Å²) in [4.78, 5) is 24.7. The van der Waals surface area contributed by atoms with Gasteiger partial charge in [-0.15, -0.1) is 0 Å². The van der Waals surface area contributed by atoms with Crippen molar-refractivity contribution in [2.75, 3.05) is 7.11 Å². The molecular formula is C22H19NO3. The summed E-state index contributed by atoms with van der Waals surface area (Å²) in [5.74, 6) is -0.839. The lowest BCUT2D eigenvalue weighted by molar-refractivity contribution is -0.143. The SMILES string of the molecule is COC(=O)C(NC(=O)c1ccc(-c2ccccc2)cc1)c1ccccc1. The molecule has 0 saturated carbocycles. The zero-order valence-electron chi connectivity index (χ0n) is 14.4. The van der Waals surface area contributed by atoms with Crippen molar-refractivity contribution in [3.63, 3.8) is 0 Å². The van der Waals surface area contributed by atoms with Gasteiger partial charge in [0.15, 0.2) is 6.04 Å². The lowest BCUT2D eigenvalue weighted by Crippen LogP contribution is -2.34. The molecule has 1 N–H and O–H groups in total. The molecule has 1 unspecified atom stereocenters. The van der Waals surface area contributed by atoms with Gasteiger partial charge in [-0.2, -0.15) is 0 Å². The Kier molecular flexibility index (Phi) is 5.44. The topological polar surface area (TPSA) is 55.4 Å². The summed E-state index contributed by atoms with van der Waals surface area (Å²) in [6.45, 7) is 0. The lowest BCUT2D eigenvalue weighted by atomic mass is 10.0. The molecule has 0 aliphatic heterocycles. The van der Waals surface area contributed by atoms with Gasteiger partial charge in [0, 0.05) is 5.56 Å². The Bertz CT molecular complexity index is 874. The van der Waals surface area contributed by atoms with E-state index in [2.05, 4.69) is 5.32 Å². The minimum Gasteiger partial charge on any atom is -0.467 e. The van der Waals surface area contributed by atoms with Gasteiger partial charge in [0.25, 0.3) is 5.91 Å². The van der Waals surface area contributed by atoms with E-state index < -0.39 is 12.0 Å². The second-order valence-electron chi connectivity index (χ2n) is 5.78. The second kappa shape index (κ2) is 8.12. The van der Waals surface area contributed by atoms with Gasteiger partial charge in [0.1, 0.15) is 0 Å². The van der Waals surface area contributed by atoms with Gasteiger partial charge in [-0.25, -0.2) is 4.79 Å². The molecule has 0 heterocycles. The fourth-order valence-corrected chi connectivity index (χ4v) is 2.70. The number of ether oxygens (including phenoxy) is 1. The second-order valence-corrected chi connectivity index (χ2v) is 5.78. The van der Waals surface area contributed by atoms with Crippen LogP contribution in [0.15, 0.2) is 84.9 Å². The maximum atomic E-state index is 12.6. The number of amides is 1. The number of hydrogen-bond acceptors (Lipinski definition) is 3. The molecule has 3 aromatic carbocycles. The summed E-state index contributed by atoms with van der Waals surface area (Å²) in [7, 11) is 1.30. The Balaban J connectivity index is 1.78. The third kappa shape index (κ3) is 3.98. The van der Waals surface area contributed by atoms with Gasteiger partial charge in [-0.3, -0.25) is 4.79 Å². The summed E-state index contributed by atoms with van der Waals surface area (Å²) >= 11 is 0. The summed E-state index contributed by atoms with van der Waals surface area (Å²) in [6.07, 6.45) is 0. The van der Waals surface area contributed by atoms with Crippen LogP contribution in [0.3, 0.4) is 0 Å². The number of nitrogens with one attached hydrogen (secondary N) is 1. The Labute approximate surface area is 152 Å². The molecule has 3 rings (SSSR count). The van der Waals surface area contributed by atoms with Crippen LogP contribution in [0.2, 0.25) is 0 Å². The van der Waals surface area contributed by atoms with E-state index in [-0.39, 0.29) is 5.91 Å². The molecule has 0 saturated heterocycles. The highest BCUT2D eigenvalue weighted by Crippen LogP contribution is 2.20. The van der Waals surface area contributed by atoms with E-state index in [4.69, 9.17) is 4.74 Å². The lowest BCUT2D eigenvalue weighted by Gasteiger charge is -2.17. The van der Waals surface area contributed by atoms with Crippen LogP contribution >= 0.6 is 0 Å². The quantitative estimate of drug-likeness (QED) is 0.711. The predicted molar refractivity (Wildman–Crippen MR) is 101 cm³/mol. The van der Waals surface area contributed by atoms with E-state index in [1.807, 2.05) is 60.7 Å². The van der Waals surface area contributed by atoms with Crippen molar-refractivity contribution in [1.29, 1.82) is 0 Å². The number of esters is 1. The molecule has 0 bridgehead atoms. The maximum Gasteiger partial charge on any atom is 0.333 e. The molecule has 1 atom stereocenters. The molecule has 4 nitrogen and oxygen atoms in total. The van der Waals surface area contributed by atoms with Gasteiger partial charge in [0.05, 0.1) is 7.11 Å². The van der Waals surface area contributed by atoms with E-state index in [0.29, 0.717) is 11.1 Å². The summed E-state index contributed by atoms with van der Waals surface area (Å²) in [5.41, 5.74) is 3.26. The highest BCUT2D eigenvalue weighted by Gasteiger charge is 2.23. The van der Waals surface area contributed by atoms with Crippen molar-refractivity contribution in [1.82, 2.24) is 5.32 Å². The number of benzene rings is 3. The maximum absolute atomic E-state index is 12.6. The van der Waals surface area contributed by atoms with Crippen molar-refractivity contribution >= 4 is 11.9 Å². The number of hydrogen-bond donors (Lipinski definition) is 1. The minimum atomic E-state index is -0.845. The van der Waals surface area contributed by atoms with Crippen molar-refractivity contribution in [3.05, 3.63) is 96.1 Å². The fraction of sp³-hybridized carbons (Fsp3) is 0.0909. The monoisotopic (exact) mass is 345 g/mol. The molecule has 4 heteroatoms. The summed E-state index contributed by atoms with van der Waals surface area (Å²) in [5, 5.41) is 2.75. The van der Waals surface area contributed by atoms with Crippen LogP contribution in [0.4, 0.5) is 0 Å². The normalized spacial score (nSPS) is 11.4. The van der Waals surface area contributed by atoms with Crippen LogP contribution in [-0.2, 0) is 9.53 Å². The molecule has 0 aliphatic rings. The Hall–Kier alpha value is -3.40. The fourth-order valence-electron chi connectivity index (χ4n) is 2.70. The number of carbonyl (C=O) groups is 2. The van der Waals surface area contributed by atoms with Gasteiger partial charge < -0.3 is 10.1 Å². The molecule has 0 spiro atoms. The third-order valence-electron chi connectivity index (χ3n) is 4.10. The summed E-state index contributed by atoms with van der Waals surface area (Å²) < 4.78 is 4.83. The molecule has 130 valence electrons. The number of methoxy groups -OCH3 is 1. The molecular weight excluding hydrogens is 326 g/mol. The molecule has 0 fully saturated rings. The molecule has 0 radical (unpaired) electrons. The van der Waals surface area contributed by atoms with E-state index in [1.165, 1.54) is 7.11 Å². The Morgan fingerprint density at radius 3 is 1.88 bits per heavy atom. The van der Waals surface area contributed by atoms with Crippen molar-refractivity contribution in [2.24, 2.45) is 0 Å². The smallest absolute Gasteiger partial charge is 0.333 e. The standard InChI is InChI=1S/C22H19NO3/c1-26-22(25)20(18-10-6-3-7-11-18)23-21(24)19-14-12-17(13-15-19)16-8-4-2-5-9-16/h2-15,20H,1H3,(H,23,24).